The van der Waals surface area contributed by atoms with E-state index in [1.54, 1.807) is 12.1 Å². The molecule has 0 aliphatic heterocycles. The van der Waals surface area contributed by atoms with Gasteiger partial charge in [-0.25, -0.2) is 0 Å². The molecule has 1 saturated carbocycles. The maximum Gasteiger partial charge on any atom is 0.252 e. The Balaban J connectivity index is 2.18. The first-order valence-corrected chi connectivity index (χ1v) is 6.36. The molecular weight excluding hydrogens is 248 g/mol. The maximum atomic E-state index is 12.1. The normalized spacial score (nSPS) is 17.3. The van der Waals surface area contributed by atoms with Crippen LogP contribution in [0.3, 0.4) is 0 Å². The van der Waals surface area contributed by atoms with E-state index >= 15 is 0 Å². The van der Waals surface area contributed by atoms with Gasteiger partial charge in [-0.3, -0.25) is 4.79 Å². The van der Waals surface area contributed by atoms with Gasteiger partial charge in [-0.2, -0.15) is 0 Å². The number of hydrogen-bond acceptors (Lipinski definition) is 3. The number of phenolic OH excluding ortho intramolecular Hbond substituents is 1. The number of amides is 1. The van der Waals surface area contributed by atoms with Crippen molar-refractivity contribution in [2.45, 2.75) is 31.2 Å². The lowest BCUT2D eigenvalue weighted by Gasteiger charge is -2.29. The molecule has 5 heteroatoms. The van der Waals surface area contributed by atoms with Crippen molar-refractivity contribution >= 4 is 23.1 Å². The van der Waals surface area contributed by atoms with Crippen LogP contribution < -0.4 is 11.1 Å². The zero-order valence-electron chi connectivity index (χ0n) is 9.98. The van der Waals surface area contributed by atoms with E-state index in [-0.39, 0.29) is 11.7 Å². The highest BCUT2D eigenvalue weighted by Gasteiger charge is 2.38. The highest BCUT2D eigenvalue weighted by atomic mass is 32.1. The molecule has 1 aromatic carbocycles. The third kappa shape index (κ3) is 2.46. The molecule has 0 radical (unpaired) electrons. The second-order valence-electron chi connectivity index (χ2n) is 4.66. The molecule has 1 aliphatic rings. The number of thiocarbonyl (C=S) groups is 1. The molecule has 1 aliphatic carbocycles. The second-order valence-corrected chi connectivity index (χ2v) is 5.10. The van der Waals surface area contributed by atoms with Gasteiger partial charge in [0.1, 0.15) is 5.75 Å². The second kappa shape index (κ2) is 4.94. The Morgan fingerprint density at radius 1 is 1.39 bits per heavy atom. The number of carbonyl (C=O) groups excluding carboxylic acids is 1. The van der Waals surface area contributed by atoms with Gasteiger partial charge in [0.05, 0.1) is 10.5 Å². The van der Waals surface area contributed by atoms with E-state index in [2.05, 4.69) is 5.32 Å². The third-order valence-electron chi connectivity index (χ3n) is 3.39. The van der Waals surface area contributed by atoms with E-state index in [9.17, 15) is 9.90 Å². The first-order valence-electron chi connectivity index (χ1n) is 5.95. The van der Waals surface area contributed by atoms with E-state index < -0.39 is 5.54 Å². The van der Waals surface area contributed by atoms with Gasteiger partial charge < -0.3 is 16.2 Å². The molecule has 0 atom stereocenters. The average Bonchev–Trinajstić information content (AvgIpc) is 2.79. The molecule has 0 unspecified atom stereocenters. The summed E-state index contributed by atoms with van der Waals surface area (Å²) in [6.45, 7) is 0. The van der Waals surface area contributed by atoms with E-state index in [1.807, 2.05) is 0 Å². The topological polar surface area (TPSA) is 75.3 Å². The molecule has 2 rings (SSSR count). The van der Waals surface area contributed by atoms with Crippen molar-refractivity contribution in [2.75, 3.05) is 0 Å². The van der Waals surface area contributed by atoms with E-state index in [0.717, 1.165) is 25.7 Å². The predicted octanol–water partition coefficient (Wildman–Crippen LogP) is 1.72. The summed E-state index contributed by atoms with van der Waals surface area (Å²) in [5.74, 6) is -0.181. The molecule has 0 spiro atoms. The lowest BCUT2D eigenvalue weighted by atomic mass is 9.97. The molecule has 0 aromatic heterocycles. The Morgan fingerprint density at radius 3 is 2.61 bits per heavy atom. The minimum atomic E-state index is -0.558. The fourth-order valence-electron chi connectivity index (χ4n) is 2.35. The van der Waals surface area contributed by atoms with Crippen LogP contribution in [0, 0.1) is 0 Å². The minimum Gasteiger partial charge on any atom is -0.508 e. The Bertz CT molecular complexity index is 482. The van der Waals surface area contributed by atoms with Gasteiger partial charge in [0.25, 0.3) is 5.91 Å². The third-order valence-corrected chi connectivity index (χ3v) is 3.78. The highest BCUT2D eigenvalue weighted by Crippen LogP contribution is 2.30. The van der Waals surface area contributed by atoms with Gasteiger partial charge in [-0.1, -0.05) is 31.1 Å². The monoisotopic (exact) mass is 264 g/mol. The Hall–Kier alpha value is -1.62. The number of nitrogens with one attached hydrogen (secondary N) is 1. The van der Waals surface area contributed by atoms with Crippen LogP contribution in [0.4, 0.5) is 0 Å². The fourth-order valence-corrected chi connectivity index (χ4v) is 2.60. The van der Waals surface area contributed by atoms with Crippen LogP contribution in [0.2, 0.25) is 0 Å². The molecule has 96 valence electrons. The van der Waals surface area contributed by atoms with Gasteiger partial charge in [-0.15, -0.1) is 0 Å². The lowest BCUT2D eigenvalue weighted by Crippen LogP contribution is -2.54. The van der Waals surface area contributed by atoms with Crippen LogP contribution in [0.5, 0.6) is 5.75 Å². The van der Waals surface area contributed by atoms with E-state index in [1.165, 1.54) is 12.1 Å². The quantitative estimate of drug-likeness (QED) is 0.727. The van der Waals surface area contributed by atoms with Crippen molar-refractivity contribution in [3.8, 4) is 5.75 Å². The smallest absolute Gasteiger partial charge is 0.252 e. The summed E-state index contributed by atoms with van der Waals surface area (Å²) >= 11 is 5.08. The number of carbonyl (C=O) groups is 1. The number of nitrogens with two attached hydrogens (primary N) is 1. The Labute approximate surface area is 111 Å². The molecule has 0 saturated heterocycles. The number of benzene rings is 1. The number of phenols is 1. The van der Waals surface area contributed by atoms with E-state index in [0.29, 0.717) is 10.6 Å². The van der Waals surface area contributed by atoms with Crippen LogP contribution in [0.1, 0.15) is 36.0 Å². The van der Waals surface area contributed by atoms with Crippen molar-refractivity contribution in [3.63, 3.8) is 0 Å². The van der Waals surface area contributed by atoms with Gasteiger partial charge in [-0.05, 0) is 31.0 Å². The summed E-state index contributed by atoms with van der Waals surface area (Å²) in [4.78, 5) is 12.5. The largest absolute Gasteiger partial charge is 0.508 e. The first kappa shape index (κ1) is 12.8. The summed E-state index contributed by atoms with van der Waals surface area (Å²) in [5.41, 5.74) is 5.61. The molecule has 1 fully saturated rings. The van der Waals surface area contributed by atoms with Gasteiger partial charge in [0.2, 0.25) is 0 Å². The van der Waals surface area contributed by atoms with Crippen LogP contribution in [-0.2, 0) is 0 Å². The van der Waals surface area contributed by atoms with Crippen molar-refractivity contribution in [3.05, 3.63) is 29.8 Å². The molecule has 4 nitrogen and oxygen atoms in total. The number of rotatable bonds is 3. The summed E-state index contributed by atoms with van der Waals surface area (Å²) in [6, 6.07) is 6.23. The summed E-state index contributed by atoms with van der Waals surface area (Å²) in [6.07, 6.45) is 3.59. The molecule has 0 heterocycles. The van der Waals surface area contributed by atoms with Crippen molar-refractivity contribution in [1.29, 1.82) is 0 Å². The molecule has 1 aromatic rings. The molecule has 0 bridgehead atoms. The predicted molar refractivity (Wildman–Crippen MR) is 73.6 cm³/mol. The molecule has 18 heavy (non-hydrogen) atoms. The van der Waals surface area contributed by atoms with Gasteiger partial charge >= 0.3 is 0 Å². The number of hydrogen-bond donors (Lipinski definition) is 3. The van der Waals surface area contributed by atoms with Gasteiger partial charge in [0.15, 0.2) is 0 Å². The maximum absolute atomic E-state index is 12.1. The SMILES string of the molecule is NC(=S)C1(NC(=O)c2cccc(O)c2)CCCC1. The summed E-state index contributed by atoms with van der Waals surface area (Å²) in [5, 5.41) is 12.3. The Morgan fingerprint density at radius 2 is 2.06 bits per heavy atom. The zero-order valence-corrected chi connectivity index (χ0v) is 10.8. The van der Waals surface area contributed by atoms with Crippen LogP contribution in [0.25, 0.3) is 0 Å². The molecule has 1 amide bonds. The van der Waals surface area contributed by atoms with Crippen molar-refractivity contribution in [1.82, 2.24) is 5.32 Å². The minimum absolute atomic E-state index is 0.0680. The fraction of sp³-hybridized carbons (Fsp3) is 0.385. The highest BCUT2D eigenvalue weighted by molar-refractivity contribution is 7.80. The van der Waals surface area contributed by atoms with Crippen LogP contribution in [0.15, 0.2) is 24.3 Å². The number of aromatic hydroxyl groups is 1. The lowest BCUT2D eigenvalue weighted by molar-refractivity contribution is 0.0924. The van der Waals surface area contributed by atoms with E-state index in [4.69, 9.17) is 18.0 Å². The van der Waals surface area contributed by atoms with Crippen LogP contribution >= 0.6 is 12.2 Å². The first-order chi connectivity index (χ1) is 8.53. The van der Waals surface area contributed by atoms with Crippen molar-refractivity contribution in [2.24, 2.45) is 5.73 Å². The Kier molecular flexibility index (Phi) is 3.52. The molecule has 4 N–H and O–H groups in total. The standard InChI is InChI=1S/C13H16N2O2S/c14-12(18)13(6-1-2-7-13)15-11(17)9-4-3-5-10(16)8-9/h3-5,8,16H,1-2,6-7H2,(H2,14,18)(H,15,17). The van der Waals surface area contributed by atoms with Crippen molar-refractivity contribution < 1.29 is 9.90 Å². The summed E-state index contributed by atoms with van der Waals surface area (Å²) < 4.78 is 0. The zero-order chi connectivity index (χ0) is 13.2. The van der Waals surface area contributed by atoms with Gasteiger partial charge in [0, 0.05) is 5.56 Å². The summed E-state index contributed by atoms with van der Waals surface area (Å²) in [7, 11) is 0. The molecular formula is C13H16N2O2S. The average molecular weight is 264 g/mol. The van der Waals surface area contributed by atoms with Crippen LogP contribution in [-0.4, -0.2) is 21.5 Å².